The molecule has 0 saturated heterocycles. The van der Waals surface area contributed by atoms with E-state index in [0.29, 0.717) is 17.4 Å². The first-order valence-corrected chi connectivity index (χ1v) is 9.06. The highest BCUT2D eigenvalue weighted by Gasteiger charge is 2.28. The number of fused-ring (bicyclic) bond motifs is 2. The van der Waals surface area contributed by atoms with Crippen molar-refractivity contribution in [3.63, 3.8) is 0 Å². The van der Waals surface area contributed by atoms with Crippen molar-refractivity contribution in [1.29, 1.82) is 0 Å². The van der Waals surface area contributed by atoms with Crippen LogP contribution in [0.15, 0.2) is 65.1 Å². The summed E-state index contributed by atoms with van der Waals surface area (Å²) in [6, 6.07) is 19.3. The minimum Gasteiger partial charge on any atom is -0.484 e. The smallest absolute Gasteiger partial charge is 0.262 e. The predicted molar refractivity (Wildman–Crippen MR) is 104 cm³/mol. The number of carbonyl (C=O) groups is 1. The van der Waals surface area contributed by atoms with Crippen molar-refractivity contribution in [3.05, 3.63) is 66.6 Å². The molecule has 0 atom stereocenters. The maximum absolute atomic E-state index is 12.2. The first-order chi connectivity index (χ1) is 13.2. The zero-order valence-electron chi connectivity index (χ0n) is 14.6. The van der Waals surface area contributed by atoms with Gasteiger partial charge in [0.2, 0.25) is 0 Å². The van der Waals surface area contributed by atoms with E-state index in [2.05, 4.69) is 10.3 Å². The first-order valence-electron chi connectivity index (χ1n) is 9.06. The van der Waals surface area contributed by atoms with Gasteiger partial charge < -0.3 is 14.5 Å². The van der Waals surface area contributed by atoms with Gasteiger partial charge in [-0.25, -0.2) is 4.98 Å². The topological polar surface area (TPSA) is 64.4 Å². The van der Waals surface area contributed by atoms with E-state index in [-0.39, 0.29) is 12.5 Å². The molecule has 27 heavy (non-hydrogen) atoms. The minimum atomic E-state index is -0.214. The first kappa shape index (κ1) is 15.9. The van der Waals surface area contributed by atoms with Crippen LogP contribution in [0.1, 0.15) is 24.7 Å². The normalized spacial score (nSPS) is 13.8. The molecule has 5 rings (SSSR count). The summed E-state index contributed by atoms with van der Waals surface area (Å²) < 4.78 is 11.4. The molecule has 1 heterocycles. The van der Waals surface area contributed by atoms with Gasteiger partial charge in [0, 0.05) is 11.6 Å². The lowest BCUT2D eigenvalue weighted by molar-refractivity contribution is -0.118. The van der Waals surface area contributed by atoms with Gasteiger partial charge in [-0.05, 0) is 53.9 Å². The van der Waals surface area contributed by atoms with E-state index in [4.69, 9.17) is 9.15 Å². The molecule has 0 spiro atoms. The van der Waals surface area contributed by atoms with Gasteiger partial charge in [0.25, 0.3) is 5.91 Å². The zero-order chi connectivity index (χ0) is 18.2. The van der Waals surface area contributed by atoms with Gasteiger partial charge in [0.05, 0.1) is 0 Å². The molecule has 1 amide bonds. The second kappa shape index (κ2) is 6.43. The lowest BCUT2D eigenvalue weighted by atomic mass is 10.1. The average Bonchev–Trinajstić information content (AvgIpc) is 3.46. The van der Waals surface area contributed by atoms with E-state index < -0.39 is 0 Å². The number of hydrogen-bond donors (Lipinski definition) is 1. The number of rotatable bonds is 5. The fourth-order valence-electron chi connectivity index (χ4n) is 3.13. The molecule has 4 aromatic rings. The van der Waals surface area contributed by atoms with Crippen molar-refractivity contribution in [2.24, 2.45) is 0 Å². The number of anilines is 1. The summed E-state index contributed by atoms with van der Waals surface area (Å²) in [6.45, 7) is -0.0531. The monoisotopic (exact) mass is 358 g/mol. The Hall–Kier alpha value is -3.34. The summed E-state index contributed by atoms with van der Waals surface area (Å²) in [5.74, 6) is 1.72. The highest BCUT2D eigenvalue weighted by Crippen LogP contribution is 2.40. The van der Waals surface area contributed by atoms with Gasteiger partial charge in [-0.1, -0.05) is 30.3 Å². The summed E-state index contributed by atoms with van der Waals surface area (Å²) in [4.78, 5) is 16.7. The molecule has 0 bridgehead atoms. The molecule has 1 aromatic heterocycles. The fraction of sp³-hybridized carbons (Fsp3) is 0.182. The summed E-state index contributed by atoms with van der Waals surface area (Å²) in [6.07, 6.45) is 2.28. The second-order valence-electron chi connectivity index (χ2n) is 6.85. The van der Waals surface area contributed by atoms with E-state index in [9.17, 15) is 4.79 Å². The number of oxazole rings is 1. The number of ether oxygens (including phenoxy) is 1. The molecule has 1 aliphatic rings. The van der Waals surface area contributed by atoms with Crippen LogP contribution >= 0.6 is 0 Å². The number of nitrogens with zero attached hydrogens (tertiary/aromatic N) is 1. The lowest BCUT2D eigenvalue weighted by Crippen LogP contribution is -2.20. The Morgan fingerprint density at radius 2 is 1.93 bits per heavy atom. The molecule has 3 aromatic carbocycles. The van der Waals surface area contributed by atoms with E-state index in [1.165, 1.54) is 0 Å². The van der Waals surface area contributed by atoms with E-state index in [1.54, 1.807) is 0 Å². The van der Waals surface area contributed by atoms with Crippen molar-refractivity contribution in [2.75, 3.05) is 11.9 Å². The van der Waals surface area contributed by atoms with Crippen LogP contribution in [0, 0.1) is 0 Å². The maximum atomic E-state index is 12.2. The quantitative estimate of drug-likeness (QED) is 0.552. The Morgan fingerprint density at radius 3 is 2.78 bits per heavy atom. The van der Waals surface area contributed by atoms with Crippen LogP contribution in [0.4, 0.5) is 5.69 Å². The summed E-state index contributed by atoms with van der Waals surface area (Å²) in [5, 5.41) is 5.07. The summed E-state index contributed by atoms with van der Waals surface area (Å²) in [7, 11) is 0. The van der Waals surface area contributed by atoms with Crippen LogP contribution in [0.2, 0.25) is 0 Å². The molecule has 0 unspecified atom stereocenters. The molecule has 0 aliphatic heterocycles. The van der Waals surface area contributed by atoms with Crippen molar-refractivity contribution in [3.8, 4) is 5.75 Å². The standard InChI is InChI=1S/C22H18N2O3/c25-21(13-26-18-9-7-14-3-1-2-4-16(14)11-18)23-17-8-10-20-19(12-17)24-22(27-20)15-5-6-15/h1-4,7-12,15H,5-6,13H2,(H,23,25). The molecule has 1 aliphatic carbocycles. The van der Waals surface area contributed by atoms with Crippen molar-refractivity contribution >= 4 is 33.5 Å². The van der Waals surface area contributed by atoms with Crippen molar-refractivity contribution in [1.82, 2.24) is 4.98 Å². The average molecular weight is 358 g/mol. The van der Waals surface area contributed by atoms with Crippen molar-refractivity contribution in [2.45, 2.75) is 18.8 Å². The highest BCUT2D eigenvalue weighted by molar-refractivity contribution is 5.94. The van der Waals surface area contributed by atoms with Gasteiger partial charge in [0.15, 0.2) is 18.1 Å². The third-order valence-electron chi connectivity index (χ3n) is 4.71. The Labute approximate surface area is 156 Å². The van der Waals surface area contributed by atoms with Crippen LogP contribution in [0.5, 0.6) is 5.75 Å². The maximum Gasteiger partial charge on any atom is 0.262 e. The molecular formula is C22H18N2O3. The minimum absolute atomic E-state index is 0.0531. The number of carbonyl (C=O) groups excluding carboxylic acids is 1. The number of hydrogen-bond acceptors (Lipinski definition) is 4. The van der Waals surface area contributed by atoms with Crippen LogP contribution in [0.25, 0.3) is 21.9 Å². The summed E-state index contributed by atoms with van der Waals surface area (Å²) in [5.41, 5.74) is 2.21. The number of amides is 1. The molecular weight excluding hydrogens is 340 g/mol. The Kier molecular flexibility index (Phi) is 3.78. The Balaban J connectivity index is 1.25. The van der Waals surface area contributed by atoms with E-state index >= 15 is 0 Å². The fourth-order valence-corrected chi connectivity index (χ4v) is 3.13. The van der Waals surface area contributed by atoms with Gasteiger partial charge in [-0.15, -0.1) is 0 Å². The molecule has 5 nitrogen and oxygen atoms in total. The zero-order valence-corrected chi connectivity index (χ0v) is 14.6. The molecule has 0 radical (unpaired) electrons. The number of benzene rings is 3. The third kappa shape index (κ3) is 3.36. The van der Waals surface area contributed by atoms with E-state index in [1.807, 2.05) is 60.7 Å². The van der Waals surface area contributed by atoms with Crippen LogP contribution in [-0.4, -0.2) is 17.5 Å². The molecule has 134 valence electrons. The van der Waals surface area contributed by atoms with Crippen LogP contribution < -0.4 is 10.1 Å². The largest absolute Gasteiger partial charge is 0.484 e. The Bertz CT molecular complexity index is 1140. The van der Waals surface area contributed by atoms with Gasteiger partial charge >= 0.3 is 0 Å². The SMILES string of the molecule is O=C(COc1ccc2ccccc2c1)Nc1ccc2oc(C3CC3)nc2c1. The molecule has 1 fully saturated rings. The Morgan fingerprint density at radius 1 is 1.07 bits per heavy atom. The molecule has 5 heteroatoms. The van der Waals surface area contributed by atoms with Gasteiger partial charge in [-0.2, -0.15) is 0 Å². The van der Waals surface area contributed by atoms with Gasteiger partial charge in [0.1, 0.15) is 11.3 Å². The van der Waals surface area contributed by atoms with Crippen LogP contribution in [-0.2, 0) is 4.79 Å². The summed E-state index contributed by atoms with van der Waals surface area (Å²) >= 11 is 0. The number of nitrogens with one attached hydrogen (secondary N) is 1. The third-order valence-corrected chi connectivity index (χ3v) is 4.71. The molecule has 1 saturated carbocycles. The predicted octanol–water partition coefficient (Wildman–Crippen LogP) is 4.88. The molecule has 1 N–H and O–H groups in total. The van der Waals surface area contributed by atoms with Crippen LogP contribution in [0.3, 0.4) is 0 Å². The lowest BCUT2D eigenvalue weighted by Gasteiger charge is -2.08. The van der Waals surface area contributed by atoms with E-state index in [0.717, 1.165) is 40.6 Å². The second-order valence-corrected chi connectivity index (χ2v) is 6.85. The number of aromatic nitrogens is 1. The highest BCUT2D eigenvalue weighted by atomic mass is 16.5. The van der Waals surface area contributed by atoms with Crippen molar-refractivity contribution < 1.29 is 13.9 Å². The van der Waals surface area contributed by atoms with Gasteiger partial charge in [-0.3, -0.25) is 4.79 Å².